The molecule has 6 nitrogen and oxygen atoms in total. The number of anilines is 1. The van der Waals surface area contributed by atoms with Gasteiger partial charge in [-0.3, -0.25) is 14.2 Å². The van der Waals surface area contributed by atoms with Crippen LogP contribution < -0.4 is 10.9 Å². The second-order valence-electron chi connectivity index (χ2n) is 7.83. The molecule has 1 saturated heterocycles. The van der Waals surface area contributed by atoms with Crippen LogP contribution in [-0.4, -0.2) is 33.9 Å². The molecule has 0 radical (unpaired) electrons. The number of amides is 1. The first kappa shape index (κ1) is 20.7. The number of carbonyl (C=O) groups is 1. The van der Waals surface area contributed by atoms with Crippen molar-refractivity contribution in [2.24, 2.45) is 0 Å². The summed E-state index contributed by atoms with van der Waals surface area (Å²) in [4.78, 5) is 30.6. The lowest BCUT2D eigenvalue weighted by molar-refractivity contribution is -0.113. The number of ether oxygens (including phenoxy) is 1. The molecule has 3 aromatic carbocycles. The number of rotatable bonds is 6. The van der Waals surface area contributed by atoms with Crippen LogP contribution in [0.15, 0.2) is 76.7 Å². The first-order chi connectivity index (χ1) is 15.7. The van der Waals surface area contributed by atoms with E-state index < -0.39 is 0 Å². The summed E-state index contributed by atoms with van der Waals surface area (Å²) in [5, 5.41) is 6.18. The van der Waals surface area contributed by atoms with Crippen LogP contribution in [0.1, 0.15) is 12.8 Å². The summed E-state index contributed by atoms with van der Waals surface area (Å²) in [7, 11) is 0. The number of nitrogens with one attached hydrogen (secondary N) is 1. The van der Waals surface area contributed by atoms with Crippen molar-refractivity contribution in [1.29, 1.82) is 0 Å². The number of para-hydroxylation sites is 1. The molecule has 1 atom stereocenters. The summed E-state index contributed by atoms with van der Waals surface area (Å²) in [5.74, 6) is 0.0110. The fraction of sp³-hybridized carbons (Fsp3) is 0.240. The summed E-state index contributed by atoms with van der Waals surface area (Å²) in [6, 6.07) is 21.1. The van der Waals surface area contributed by atoms with E-state index in [1.54, 1.807) is 10.6 Å². The fourth-order valence-electron chi connectivity index (χ4n) is 4.06. The number of benzene rings is 3. The van der Waals surface area contributed by atoms with Crippen molar-refractivity contribution < 1.29 is 9.53 Å². The molecular weight excluding hydrogens is 422 g/mol. The number of thioether (sulfide) groups is 1. The second-order valence-corrected chi connectivity index (χ2v) is 8.77. The van der Waals surface area contributed by atoms with Crippen LogP contribution >= 0.6 is 11.8 Å². The van der Waals surface area contributed by atoms with Gasteiger partial charge < -0.3 is 10.1 Å². The number of nitrogens with zero attached hydrogens (tertiary/aromatic N) is 2. The quantitative estimate of drug-likeness (QED) is 0.350. The van der Waals surface area contributed by atoms with Crippen molar-refractivity contribution in [3.63, 3.8) is 0 Å². The first-order valence-electron chi connectivity index (χ1n) is 10.7. The predicted octanol–water partition coefficient (Wildman–Crippen LogP) is 4.46. The Bertz CT molecular complexity index is 1340. The van der Waals surface area contributed by atoms with Crippen LogP contribution in [0.4, 0.5) is 5.69 Å². The Balaban J connectivity index is 1.39. The highest BCUT2D eigenvalue weighted by atomic mass is 32.2. The van der Waals surface area contributed by atoms with Crippen LogP contribution in [-0.2, 0) is 16.1 Å². The predicted molar refractivity (Wildman–Crippen MR) is 128 cm³/mol. The largest absolute Gasteiger partial charge is 0.376 e. The van der Waals surface area contributed by atoms with Crippen LogP contribution in [0.3, 0.4) is 0 Å². The number of aromatic nitrogens is 2. The van der Waals surface area contributed by atoms with Gasteiger partial charge in [0.15, 0.2) is 5.16 Å². The molecule has 0 aliphatic carbocycles. The third-order valence-electron chi connectivity index (χ3n) is 5.63. The van der Waals surface area contributed by atoms with Gasteiger partial charge in [0.05, 0.1) is 29.3 Å². The highest BCUT2D eigenvalue weighted by Gasteiger charge is 2.20. The summed E-state index contributed by atoms with van der Waals surface area (Å²) in [5.41, 5.74) is 1.32. The minimum atomic E-state index is -0.141. The first-order valence-corrected chi connectivity index (χ1v) is 11.7. The summed E-state index contributed by atoms with van der Waals surface area (Å²) < 4.78 is 7.41. The number of carbonyl (C=O) groups excluding carboxylic acids is 1. The second kappa shape index (κ2) is 9.14. The van der Waals surface area contributed by atoms with Gasteiger partial charge in [-0.05, 0) is 36.4 Å². The van der Waals surface area contributed by atoms with Gasteiger partial charge in [0, 0.05) is 17.7 Å². The maximum atomic E-state index is 13.2. The lowest BCUT2D eigenvalue weighted by atomic mass is 10.1. The Hall–Kier alpha value is -3.16. The average molecular weight is 446 g/mol. The minimum absolute atomic E-state index is 0.000443. The highest BCUT2D eigenvalue weighted by Crippen LogP contribution is 2.24. The average Bonchev–Trinajstić information content (AvgIpc) is 3.33. The van der Waals surface area contributed by atoms with E-state index >= 15 is 0 Å². The molecule has 1 amide bonds. The van der Waals surface area contributed by atoms with Crippen LogP contribution in [0.25, 0.3) is 21.7 Å². The van der Waals surface area contributed by atoms with E-state index in [4.69, 9.17) is 9.72 Å². The van der Waals surface area contributed by atoms with Gasteiger partial charge in [0.25, 0.3) is 5.56 Å². The summed E-state index contributed by atoms with van der Waals surface area (Å²) in [6.07, 6.45) is 1.92. The SMILES string of the molecule is O=C(CSc1nc2ccccc2c(=O)n1CC1CCCO1)Nc1cccc2ccccc12. The molecule has 162 valence electrons. The Morgan fingerprint density at radius 1 is 1.06 bits per heavy atom. The van der Waals surface area contributed by atoms with Gasteiger partial charge in [-0.2, -0.15) is 0 Å². The zero-order valence-corrected chi connectivity index (χ0v) is 18.3. The molecule has 2 heterocycles. The van der Waals surface area contributed by atoms with Crippen molar-refractivity contribution in [2.45, 2.75) is 30.6 Å². The van der Waals surface area contributed by atoms with Gasteiger partial charge in [0.2, 0.25) is 5.91 Å². The maximum Gasteiger partial charge on any atom is 0.262 e. The van der Waals surface area contributed by atoms with Gasteiger partial charge >= 0.3 is 0 Å². The van der Waals surface area contributed by atoms with Gasteiger partial charge in [0.1, 0.15) is 0 Å². The lowest BCUT2D eigenvalue weighted by Crippen LogP contribution is -2.29. The highest BCUT2D eigenvalue weighted by molar-refractivity contribution is 7.99. The van der Waals surface area contributed by atoms with Gasteiger partial charge in [-0.1, -0.05) is 60.3 Å². The normalized spacial score (nSPS) is 15.9. The van der Waals surface area contributed by atoms with Crippen LogP contribution in [0.2, 0.25) is 0 Å². The smallest absolute Gasteiger partial charge is 0.262 e. The van der Waals surface area contributed by atoms with E-state index in [1.807, 2.05) is 60.7 Å². The van der Waals surface area contributed by atoms with E-state index in [0.29, 0.717) is 22.6 Å². The topological polar surface area (TPSA) is 73.2 Å². The molecule has 0 spiro atoms. The number of hydrogen-bond donors (Lipinski definition) is 1. The molecule has 1 aliphatic rings. The molecular formula is C25H23N3O3S. The molecule has 1 aliphatic heterocycles. The zero-order chi connectivity index (χ0) is 21.9. The van der Waals surface area contributed by atoms with Gasteiger partial charge in [-0.15, -0.1) is 0 Å². The number of hydrogen-bond acceptors (Lipinski definition) is 5. The molecule has 5 rings (SSSR count). The molecule has 1 N–H and O–H groups in total. The zero-order valence-electron chi connectivity index (χ0n) is 17.5. The molecule has 0 bridgehead atoms. The van der Waals surface area contributed by atoms with E-state index in [0.717, 1.165) is 35.9 Å². The van der Waals surface area contributed by atoms with E-state index in [-0.39, 0.29) is 23.3 Å². The Morgan fingerprint density at radius 2 is 1.84 bits per heavy atom. The molecule has 0 saturated carbocycles. The van der Waals surface area contributed by atoms with Crippen molar-refractivity contribution >= 4 is 45.0 Å². The Labute approximate surface area is 189 Å². The van der Waals surface area contributed by atoms with Crippen LogP contribution in [0.5, 0.6) is 0 Å². The van der Waals surface area contributed by atoms with Crippen LogP contribution in [0, 0.1) is 0 Å². The monoisotopic (exact) mass is 445 g/mol. The summed E-state index contributed by atoms with van der Waals surface area (Å²) in [6.45, 7) is 1.17. The molecule has 32 heavy (non-hydrogen) atoms. The van der Waals surface area contributed by atoms with E-state index in [2.05, 4.69) is 5.32 Å². The standard InChI is InChI=1S/C25H23N3O3S/c29-23(26-21-13-5-8-17-7-1-2-10-19(17)21)16-32-25-27-22-12-4-3-11-20(22)24(30)28(25)15-18-9-6-14-31-18/h1-5,7-8,10-13,18H,6,9,14-16H2,(H,26,29). The fourth-order valence-corrected chi connectivity index (χ4v) is 4.87. The van der Waals surface area contributed by atoms with E-state index in [9.17, 15) is 9.59 Å². The minimum Gasteiger partial charge on any atom is -0.376 e. The van der Waals surface area contributed by atoms with Gasteiger partial charge in [-0.25, -0.2) is 4.98 Å². The Kier molecular flexibility index (Phi) is 5.92. The lowest BCUT2D eigenvalue weighted by Gasteiger charge is -2.16. The van der Waals surface area contributed by atoms with E-state index in [1.165, 1.54) is 11.8 Å². The molecule has 7 heteroatoms. The molecule has 1 fully saturated rings. The molecule has 1 aromatic heterocycles. The van der Waals surface area contributed by atoms with Crippen molar-refractivity contribution in [3.05, 3.63) is 77.1 Å². The van der Waals surface area contributed by atoms with Crippen molar-refractivity contribution in [2.75, 3.05) is 17.7 Å². The third kappa shape index (κ3) is 4.26. The molecule has 4 aromatic rings. The summed E-state index contributed by atoms with van der Waals surface area (Å²) >= 11 is 1.28. The van der Waals surface area contributed by atoms with Crippen molar-refractivity contribution in [3.8, 4) is 0 Å². The third-order valence-corrected chi connectivity index (χ3v) is 6.61. The number of fused-ring (bicyclic) bond motifs is 2. The Morgan fingerprint density at radius 3 is 2.69 bits per heavy atom. The van der Waals surface area contributed by atoms with Crippen molar-refractivity contribution in [1.82, 2.24) is 9.55 Å². The molecule has 1 unspecified atom stereocenters. The maximum absolute atomic E-state index is 13.2.